The van der Waals surface area contributed by atoms with E-state index in [2.05, 4.69) is 19.7 Å². The minimum atomic E-state index is -0.169. The highest BCUT2D eigenvalue weighted by Gasteiger charge is 2.24. The van der Waals surface area contributed by atoms with E-state index in [0.717, 1.165) is 80.9 Å². The Bertz CT molecular complexity index is 1150. The van der Waals surface area contributed by atoms with Crippen molar-refractivity contribution in [2.24, 2.45) is 0 Å². The summed E-state index contributed by atoms with van der Waals surface area (Å²) in [4.78, 5) is 16.3. The second kappa shape index (κ2) is 9.85. The zero-order chi connectivity index (χ0) is 23.5. The smallest absolute Gasteiger partial charge is 0.225 e. The lowest BCUT2D eigenvalue weighted by Crippen LogP contribution is -2.47. The maximum absolute atomic E-state index is 14.1. The third kappa shape index (κ3) is 4.63. The molecule has 8 heteroatoms. The first-order chi connectivity index (χ1) is 16.6. The molecule has 178 valence electrons. The lowest BCUT2D eigenvalue weighted by atomic mass is 10.1. The van der Waals surface area contributed by atoms with E-state index in [0.29, 0.717) is 5.69 Å². The van der Waals surface area contributed by atoms with Crippen molar-refractivity contribution in [1.29, 1.82) is 0 Å². The molecular weight excluding hydrogens is 433 g/mol. The van der Waals surface area contributed by atoms with Gasteiger partial charge >= 0.3 is 0 Å². The highest BCUT2D eigenvalue weighted by Crippen LogP contribution is 2.28. The van der Waals surface area contributed by atoms with E-state index in [1.54, 1.807) is 20.3 Å². The molecule has 34 heavy (non-hydrogen) atoms. The molecule has 3 heterocycles. The van der Waals surface area contributed by atoms with Gasteiger partial charge in [0, 0.05) is 69.6 Å². The number of hydrogen-bond acceptors (Lipinski definition) is 7. The number of rotatable bonds is 6. The summed E-state index contributed by atoms with van der Waals surface area (Å²) < 4.78 is 25.1. The molecule has 0 radical (unpaired) electrons. The van der Waals surface area contributed by atoms with Gasteiger partial charge in [-0.3, -0.25) is 4.90 Å². The van der Waals surface area contributed by atoms with Crippen LogP contribution in [0, 0.1) is 5.82 Å². The zero-order valence-electron chi connectivity index (χ0n) is 19.7. The lowest BCUT2D eigenvalue weighted by Gasteiger charge is -2.36. The Hall–Kier alpha value is -3.39. The predicted octanol–water partition coefficient (Wildman–Crippen LogP) is 3.52. The molecule has 2 aromatic carbocycles. The van der Waals surface area contributed by atoms with Crippen molar-refractivity contribution < 1.29 is 13.9 Å². The molecule has 0 spiro atoms. The maximum Gasteiger partial charge on any atom is 0.225 e. The van der Waals surface area contributed by atoms with E-state index in [1.165, 1.54) is 11.6 Å². The number of nitrogens with zero attached hydrogens (tertiary/aromatic N) is 5. The number of para-hydroxylation sites is 1. The Morgan fingerprint density at radius 3 is 2.50 bits per heavy atom. The van der Waals surface area contributed by atoms with Gasteiger partial charge in [-0.15, -0.1) is 0 Å². The SMILES string of the molecule is COc1ccc(OC)c(CN2CCc3nc(N4CCN(c5ccccc5F)CC4)ncc3C2)c1. The minimum Gasteiger partial charge on any atom is -0.497 e. The fourth-order valence-electron chi connectivity index (χ4n) is 4.75. The van der Waals surface area contributed by atoms with Crippen molar-refractivity contribution in [2.45, 2.75) is 19.5 Å². The number of benzene rings is 2. The summed E-state index contributed by atoms with van der Waals surface area (Å²) in [6, 6.07) is 12.9. The Morgan fingerprint density at radius 1 is 0.941 bits per heavy atom. The number of hydrogen-bond donors (Lipinski definition) is 0. The van der Waals surface area contributed by atoms with Crippen LogP contribution in [0.1, 0.15) is 16.8 Å². The topological polar surface area (TPSA) is 54.0 Å². The summed E-state index contributed by atoms with van der Waals surface area (Å²) in [5.74, 6) is 2.30. The molecule has 0 atom stereocenters. The summed E-state index contributed by atoms with van der Waals surface area (Å²) in [5.41, 5.74) is 4.06. The highest BCUT2D eigenvalue weighted by atomic mass is 19.1. The second-order valence-electron chi connectivity index (χ2n) is 8.71. The van der Waals surface area contributed by atoms with E-state index in [1.807, 2.05) is 36.5 Å². The van der Waals surface area contributed by atoms with E-state index >= 15 is 0 Å². The van der Waals surface area contributed by atoms with Crippen LogP contribution < -0.4 is 19.3 Å². The Kier molecular flexibility index (Phi) is 6.49. The van der Waals surface area contributed by atoms with Gasteiger partial charge in [0.2, 0.25) is 5.95 Å². The van der Waals surface area contributed by atoms with Gasteiger partial charge in [0.05, 0.1) is 25.6 Å². The van der Waals surface area contributed by atoms with Crippen molar-refractivity contribution in [3.63, 3.8) is 0 Å². The van der Waals surface area contributed by atoms with Crippen molar-refractivity contribution in [3.8, 4) is 11.5 Å². The average Bonchev–Trinajstić information content (AvgIpc) is 2.89. The summed E-state index contributed by atoms with van der Waals surface area (Å²) >= 11 is 0. The molecule has 1 aromatic heterocycles. The number of fused-ring (bicyclic) bond motifs is 1. The van der Waals surface area contributed by atoms with Crippen LogP contribution in [0.3, 0.4) is 0 Å². The van der Waals surface area contributed by atoms with Crippen molar-refractivity contribution >= 4 is 11.6 Å². The largest absolute Gasteiger partial charge is 0.497 e. The molecule has 0 saturated carbocycles. The van der Waals surface area contributed by atoms with Crippen molar-refractivity contribution in [1.82, 2.24) is 14.9 Å². The first kappa shape index (κ1) is 22.4. The molecule has 2 aliphatic rings. The summed E-state index contributed by atoms with van der Waals surface area (Å²) in [6.07, 6.45) is 2.85. The second-order valence-corrected chi connectivity index (χ2v) is 8.71. The molecule has 3 aromatic rings. The van der Waals surface area contributed by atoms with Gasteiger partial charge in [0.15, 0.2) is 0 Å². The number of piperazine rings is 1. The van der Waals surface area contributed by atoms with E-state index in [9.17, 15) is 4.39 Å². The van der Waals surface area contributed by atoms with Crippen LogP contribution in [-0.4, -0.2) is 61.8 Å². The summed E-state index contributed by atoms with van der Waals surface area (Å²) in [7, 11) is 3.37. The van der Waals surface area contributed by atoms with Gasteiger partial charge in [-0.2, -0.15) is 0 Å². The first-order valence-electron chi connectivity index (χ1n) is 11.7. The molecule has 0 unspecified atom stereocenters. The minimum absolute atomic E-state index is 0.169. The van der Waals surface area contributed by atoms with Crippen molar-refractivity contribution in [3.05, 3.63) is 71.3 Å². The fourth-order valence-corrected chi connectivity index (χ4v) is 4.75. The lowest BCUT2D eigenvalue weighted by molar-refractivity contribution is 0.238. The molecule has 2 aliphatic heterocycles. The van der Waals surface area contributed by atoms with Gasteiger partial charge < -0.3 is 19.3 Å². The van der Waals surface area contributed by atoms with Crippen LogP contribution in [0.2, 0.25) is 0 Å². The Labute approximate surface area is 199 Å². The van der Waals surface area contributed by atoms with Crippen LogP contribution in [0.15, 0.2) is 48.7 Å². The van der Waals surface area contributed by atoms with E-state index in [-0.39, 0.29) is 5.82 Å². The van der Waals surface area contributed by atoms with E-state index in [4.69, 9.17) is 14.5 Å². The van der Waals surface area contributed by atoms with Gasteiger partial charge in [0.1, 0.15) is 17.3 Å². The zero-order valence-corrected chi connectivity index (χ0v) is 19.7. The molecule has 7 nitrogen and oxygen atoms in total. The monoisotopic (exact) mass is 463 g/mol. The number of ether oxygens (including phenoxy) is 2. The average molecular weight is 464 g/mol. The molecule has 0 aliphatic carbocycles. The maximum atomic E-state index is 14.1. The Balaban J connectivity index is 1.23. The van der Waals surface area contributed by atoms with Crippen LogP contribution in [0.4, 0.5) is 16.0 Å². The quantitative estimate of drug-likeness (QED) is 0.555. The normalized spacial score (nSPS) is 16.3. The molecule has 1 fully saturated rings. The number of methoxy groups -OCH3 is 2. The number of aromatic nitrogens is 2. The number of halogens is 1. The fraction of sp³-hybridized carbons (Fsp3) is 0.385. The molecule has 0 bridgehead atoms. The predicted molar refractivity (Wildman–Crippen MR) is 130 cm³/mol. The van der Waals surface area contributed by atoms with Crippen LogP contribution in [0.25, 0.3) is 0 Å². The van der Waals surface area contributed by atoms with Gasteiger partial charge in [-0.25, -0.2) is 14.4 Å². The van der Waals surface area contributed by atoms with Gasteiger partial charge in [-0.05, 0) is 30.3 Å². The summed E-state index contributed by atoms with van der Waals surface area (Å²) in [6.45, 7) is 5.54. The molecule has 0 N–H and O–H groups in total. The van der Waals surface area contributed by atoms with Crippen LogP contribution in [0.5, 0.6) is 11.5 Å². The number of anilines is 2. The third-order valence-corrected chi connectivity index (χ3v) is 6.64. The Morgan fingerprint density at radius 2 is 1.74 bits per heavy atom. The standard InChI is InChI=1S/C26H30FN5O2/c1-33-21-7-8-25(34-2)19(15-21)17-30-10-9-23-20(18-30)16-28-26(29-23)32-13-11-31(12-14-32)24-6-4-3-5-22(24)27/h3-8,15-16H,9-14,17-18H2,1-2H3. The third-order valence-electron chi connectivity index (χ3n) is 6.64. The van der Waals surface area contributed by atoms with Gasteiger partial charge in [0.25, 0.3) is 0 Å². The molecule has 0 amide bonds. The van der Waals surface area contributed by atoms with Gasteiger partial charge in [-0.1, -0.05) is 12.1 Å². The summed E-state index contributed by atoms with van der Waals surface area (Å²) in [5, 5.41) is 0. The van der Waals surface area contributed by atoms with Crippen LogP contribution in [-0.2, 0) is 19.5 Å². The molecule has 5 rings (SSSR count). The van der Waals surface area contributed by atoms with Crippen LogP contribution >= 0.6 is 0 Å². The first-order valence-corrected chi connectivity index (χ1v) is 11.7. The molecule has 1 saturated heterocycles. The molecular formula is C26H30FN5O2. The highest BCUT2D eigenvalue weighted by molar-refractivity contribution is 5.49. The van der Waals surface area contributed by atoms with Crippen molar-refractivity contribution in [2.75, 3.05) is 56.7 Å². The van der Waals surface area contributed by atoms with E-state index < -0.39 is 0 Å².